The molecule has 0 aliphatic carbocycles. The molecule has 130 valence electrons. The first kappa shape index (κ1) is 17.6. The summed E-state index contributed by atoms with van der Waals surface area (Å²) in [5.41, 5.74) is 6.33. The number of imidazole rings is 2. The number of hydrogen-bond donors (Lipinski definition) is 0. The molecular weight excluding hydrogens is 330 g/mol. The molecule has 4 aromatic rings. The van der Waals surface area contributed by atoms with Crippen molar-refractivity contribution in [2.24, 2.45) is 0 Å². The van der Waals surface area contributed by atoms with E-state index in [4.69, 9.17) is 4.98 Å². The summed E-state index contributed by atoms with van der Waals surface area (Å²) in [6.45, 7) is 9.62. The third-order valence-corrected chi connectivity index (χ3v) is 4.64. The van der Waals surface area contributed by atoms with Crippen LogP contribution >= 0.6 is 12.4 Å². The Kier molecular flexibility index (Phi) is 4.38. The molecular formula is C21H24ClN3. The van der Waals surface area contributed by atoms with Gasteiger partial charge in [-0.3, -0.25) is 4.40 Å². The van der Waals surface area contributed by atoms with E-state index in [2.05, 4.69) is 84.5 Å². The average molecular weight is 354 g/mol. The van der Waals surface area contributed by atoms with Crippen molar-refractivity contribution in [2.75, 3.05) is 0 Å². The van der Waals surface area contributed by atoms with E-state index in [0.717, 1.165) is 18.0 Å². The number of hydrogen-bond acceptors (Lipinski definition) is 1. The van der Waals surface area contributed by atoms with E-state index in [1.807, 2.05) is 6.92 Å². The summed E-state index contributed by atoms with van der Waals surface area (Å²) in [4.78, 5) is 4.73. The van der Waals surface area contributed by atoms with Crippen LogP contribution in [0.2, 0.25) is 0 Å². The molecule has 0 aliphatic rings. The Morgan fingerprint density at radius 3 is 2.20 bits per heavy atom. The Hall–Kier alpha value is -2.26. The third-order valence-electron chi connectivity index (χ3n) is 4.64. The van der Waals surface area contributed by atoms with Gasteiger partial charge in [0.15, 0.2) is 0 Å². The van der Waals surface area contributed by atoms with E-state index in [0.29, 0.717) is 0 Å². The van der Waals surface area contributed by atoms with E-state index in [1.165, 1.54) is 22.2 Å². The van der Waals surface area contributed by atoms with Crippen molar-refractivity contribution in [3.63, 3.8) is 0 Å². The first-order valence-corrected chi connectivity index (χ1v) is 8.46. The lowest BCUT2D eigenvalue weighted by Gasteiger charge is -2.19. The van der Waals surface area contributed by atoms with Gasteiger partial charge in [0.1, 0.15) is 0 Å². The molecule has 4 heteroatoms. The van der Waals surface area contributed by atoms with Gasteiger partial charge in [-0.1, -0.05) is 57.2 Å². The summed E-state index contributed by atoms with van der Waals surface area (Å²) in [5.74, 6) is 1.01. The van der Waals surface area contributed by atoms with Gasteiger partial charge in [0.2, 0.25) is 5.78 Å². The molecule has 0 fully saturated rings. The zero-order chi connectivity index (χ0) is 16.9. The molecule has 25 heavy (non-hydrogen) atoms. The zero-order valence-electron chi connectivity index (χ0n) is 15.2. The minimum atomic E-state index is 0. The van der Waals surface area contributed by atoms with Crippen molar-refractivity contribution >= 4 is 29.2 Å². The standard InChI is InChI=1S/C21H23N3.ClH/c1-15-13-23-18-7-5-6-8-19(18)24(20(23)22-15)14-16-9-11-17(12-10-16)21(2,3)4;/h5-13H,14H2,1-4H3;1H. The molecule has 4 rings (SSSR count). The lowest BCUT2D eigenvalue weighted by Crippen LogP contribution is -2.11. The normalized spacial score (nSPS) is 11.8. The maximum absolute atomic E-state index is 4.73. The SMILES string of the molecule is Cc1cn2c3ccccc3n(Cc3ccc(C(C)(C)C)cc3)c2n1.Cl. The predicted octanol–water partition coefficient (Wildman–Crippen LogP) is 5.37. The van der Waals surface area contributed by atoms with E-state index >= 15 is 0 Å². The van der Waals surface area contributed by atoms with Crippen molar-refractivity contribution in [1.82, 2.24) is 14.0 Å². The van der Waals surface area contributed by atoms with Gasteiger partial charge in [0.05, 0.1) is 23.3 Å². The number of aromatic nitrogens is 3. The van der Waals surface area contributed by atoms with Crippen LogP contribution in [0.25, 0.3) is 16.8 Å². The molecule has 2 aromatic carbocycles. The van der Waals surface area contributed by atoms with E-state index in [1.54, 1.807) is 0 Å². The van der Waals surface area contributed by atoms with Gasteiger partial charge in [-0.2, -0.15) is 0 Å². The molecule has 0 spiro atoms. The molecule has 0 saturated carbocycles. The van der Waals surface area contributed by atoms with Crippen molar-refractivity contribution in [1.29, 1.82) is 0 Å². The van der Waals surface area contributed by atoms with Crippen LogP contribution in [-0.4, -0.2) is 14.0 Å². The number of fused-ring (bicyclic) bond motifs is 3. The van der Waals surface area contributed by atoms with Crippen molar-refractivity contribution < 1.29 is 0 Å². The highest BCUT2D eigenvalue weighted by Crippen LogP contribution is 2.25. The van der Waals surface area contributed by atoms with Crippen LogP contribution in [-0.2, 0) is 12.0 Å². The molecule has 0 amide bonds. The van der Waals surface area contributed by atoms with Crippen LogP contribution in [0, 0.1) is 6.92 Å². The smallest absolute Gasteiger partial charge is 0.215 e. The van der Waals surface area contributed by atoms with E-state index in [-0.39, 0.29) is 17.8 Å². The Morgan fingerprint density at radius 1 is 0.920 bits per heavy atom. The number of aryl methyl sites for hydroxylation is 1. The molecule has 0 unspecified atom stereocenters. The molecule has 0 N–H and O–H groups in total. The van der Waals surface area contributed by atoms with Crippen molar-refractivity contribution in [3.05, 3.63) is 71.5 Å². The van der Waals surface area contributed by atoms with Gasteiger partial charge in [0.25, 0.3) is 0 Å². The second-order valence-electron chi connectivity index (χ2n) is 7.57. The van der Waals surface area contributed by atoms with Gasteiger partial charge in [0, 0.05) is 6.20 Å². The number of nitrogens with zero attached hydrogens (tertiary/aromatic N) is 3. The molecule has 0 aliphatic heterocycles. The Labute approximate surface area is 154 Å². The number of para-hydroxylation sites is 2. The highest BCUT2D eigenvalue weighted by Gasteiger charge is 2.15. The van der Waals surface area contributed by atoms with Gasteiger partial charge in [-0.15, -0.1) is 12.4 Å². The number of rotatable bonds is 2. The molecule has 2 heterocycles. The van der Waals surface area contributed by atoms with Crippen LogP contribution in [0.3, 0.4) is 0 Å². The molecule has 0 bridgehead atoms. The van der Waals surface area contributed by atoms with Crippen LogP contribution < -0.4 is 0 Å². The summed E-state index contributed by atoms with van der Waals surface area (Å²) < 4.78 is 4.49. The van der Waals surface area contributed by atoms with Crippen LogP contribution in [0.1, 0.15) is 37.6 Å². The lowest BCUT2D eigenvalue weighted by molar-refractivity contribution is 0.590. The predicted molar refractivity (Wildman–Crippen MR) is 107 cm³/mol. The summed E-state index contributed by atoms with van der Waals surface area (Å²) >= 11 is 0. The minimum Gasteiger partial charge on any atom is -0.305 e. The number of benzene rings is 2. The Morgan fingerprint density at radius 2 is 1.56 bits per heavy atom. The first-order valence-electron chi connectivity index (χ1n) is 8.46. The first-order chi connectivity index (χ1) is 11.4. The maximum atomic E-state index is 4.73. The third kappa shape index (κ3) is 3.05. The van der Waals surface area contributed by atoms with Crippen molar-refractivity contribution in [3.8, 4) is 0 Å². The Bertz CT molecular complexity index is 1020. The van der Waals surface area contributed by atoms with Gasteiger partial charge in [-0.25, -0.2) is 4.98 Å². The van der Waals surface area contributed by atoms with E-state index < -0.39 is 0 Å². The highest BCUT2D eigenvalue weighted by atomic mass is 35.5. The monoisotopic (exact) mass is 353 g/mol. The summed E-state index contributed by atoms with van der Waals surface area (Å²) in [5, 5.41) is 0. The molecule has 2 aromatic heterocycles. The Balaban J connectivity index is 0.00000182. The molecule has 0 atom stereocenters. The molecule has 0 radical (unpaired) electrons. The highest BCUT2D eigenvalue weighted by molar-refractivity contribution is 5.85. The molecule has 3 nitrogen and oxygen atoms in total. The fourth-order valence-electron chi connectivity index (χ4n) is 3.31. The van der Waals surface area contributed by atoms with Crippen LogP contribution in [0.5, 0.6) is 0 Å². The topological polar surface area (TPSA) is 22.2 Å². The van der Waals surface area contributed by atoms with E-state index in [9.17, 15) is 0 Å². The zero-order valence-corrected chi connectivity index (χ0v) is 16.0. The maximum Gasteiger partial charge on any atom is 0.215 e. The fourth-order valence-corrected chi connectivity index (χ4v) is 3.31. The van der Waals surface area contributed by atoms with Crippen LogP contribution in [0.15, 0.2) is 54.7 Å². The summed E-state index contributed by atoms with van der Waals surface area (Å²) in [6.07, 6.45) is 2.11. The van der Waals surface area contributed by atoms with Gasteiger partial charge in [-0.05, 0) is 35.6 Å². The van der Waals surface area contributed by atoms with Crippen LogP contribution in [0.4, 0.5) is 0 Å². The fraction of sp³-hybridized carbons (Fsp3) is 0.286. The molecule has 0 saturated heterocycles. The number of halogens is 1. The summed E-state index contributed by atoms with van der Waals surface area (Å²) in [6, 6.07) is 17.5. The second-order valence-corrected chi connectivity index (χ2v) is 7.57. The second kappa shape index (κ2) is 6.23. The average Bonchev–Trinajstić information content (AvgIpc) is 3.05. The van der Waals surface area contributed by atoms with Gasteiger partial charge < -0.3 is 4.57 Å². The lowest BCUT2D eigenvalue weighted by atomic mass is 9.87. The quantitative estimate of drug-likeness (QED) is 0.475. The minimum absolute atomic E-state index is 0. The summed E-state index contributed by atoms with van der Waals surface area (Å²) in [7, 11) is 0. The van der Waals surface area contributed by atoms with Crippen molar-refractivity contribution in [2.45, 2.75) is 39.7 Å². The largest absolute Gasteiger partial charge is 0.305 e. The van der Waals surface area contributed by atoms with Gasteiger partial charge >= 0.3 is 0 Å².